The molecule has 0 amide bonds. The van der Waals surface area contributed by atoms with Gasteiger partial charge < -0.3 is 9.64 Å². The number of ether oxygens (including phenoxy) is 1. The molecular formula is C17H30N2O2. The van der Waals surface area contributed by atoms with Crippen LogP contribution in [0.1, 0.15) is 58.3 Å². The van der Waals surface area contributed by atoms with E-state index in [-0.39, 0.29) is 5.78 Å². The summed E-state index contributed by atoms with van der Waals surface area (Å²) in [6.07, 6.45) is 9.39. The molecule has 2 rings (SSSR count). The van der Waals surface area contributed by atoms with Crippen molar-refractivity contribution in [3.63, 3.8) is 0 Å². The van der Waals surface area contributed by atoms with Crippen LogP contribution in [0, 0.1) is 5.92 Å². The molecule has 0 atom stereocenters. The lowest BCUT2D eigenvalue weighted by Gasteiger charge is -2.31. The minimum Gasteiger partial charge on any atom is -0.473 e. The minimum absolute atomic E-state index is 0.101. The second-order valence-electron chi connectivity index (χ2n) is 6.34. The molecule has 2 aliphatic heterocycles. The number of piperidine rings is 1. The van der Waals surface area contributed by atoms with Crippen molar-refractivity contribution in [2.75, 3.05) is 32.8 Å². The molecule has 4 heteroatoms. The smallest absolute Gasteiger partial charge is 0.253 e. The van der Waals surface area contributed by atoms with Gasteiger partial charge in [0.05, 0.1) is 6.54 Å². The van der Waals surface area contributed by atoms with Gasteiger partial charge in [0.15, 0.2) is 0 Å². The molecule has 0 spiro atoms. The van der Waals surface area contributed by atoms with Crippen LogP contribution < -0.4 is 0 Å². The van der Waals surface area contributed by atoms with Gasteiger partial charge in [-0.15, -0.1) is 0 Å². The molecule has 2 heterocycles. The van der Waals surface area contributed by atoms with Gasteiger partial charge in [-0.1, -0.05) is 19.8 Å². The standard InChI is InChI=1S/C17H30N2O2/c1-2-3-4-11-19-12-8-15(9-13-19)6-5-7-16(20)17-18-10-14-21-17/h15H,2-14H2,1H3. The van der Waals surface area contributed by atoms with Gasteiger partial charge in [0, 0.05) is 6.42 Å². The van der Waals surface area contributed by atoms with E-state index >= 15 is 0 Å². The van der Waals surface area contributed by atoms with E-state index in [0.717, 1.165) is 12.3 Å². The van der Waals surface area contributed by atoms with Crippen LogP contribution in [0.25, 0.3) is 0 Å². The summed E-state index contributed by atoms with van der Waals surface area (Å²) in [7, 11) is 0. The number of rotatable bonds is 9. The second-order valence-corrected chi connectivity index (χ2v) is 6.34. The topological polar surface area (TPSA) is 41.9 Å². The highest BCUT2D eigenvalue weighted by atomic mass is 16.5. The van der Waals surface area contributed by atoms with Gasteiger partial charge in [-0.05, 0) is 57.7 Å². The third kappa shape index (κ3) is 5.77. The lowest BCUT2D eigenvalue weighted by Crippen LogP contribution is -2.34. The van der Waals surface area contributed by atoms with Crippen molar-refractivity contribution in [1.29, 1.82) is 0 Å². The average molecular weight is 294 g/mol. The summed E-state index contributed by atoms with van der Waals surface area (Å²) in [5.74, 6) is 1.29. The summed E-state index contributed by atoms with van der Waals surface area (Å²) in [6.45, 7) is 7.26. The highest BCUT2D eigenvalue weighted by Crippen LogP contribution is 2.23. The zero-order chi connectivity index (χ0) is 14.9. The first kappa shape index (κ1) is 16.5. The van der Waals surface area contributed by atoms with Crippen molar-refractivity contribution in [3.8, 4) is 0 Å². The molecule has 120 valence electrons. The number of Topliss-reactive ketones (excluding diaryl/α,β-unsaturated/α-hetero) is 1. The summed E-state index contributed by atoms with van der Waals surface area (Å²) in [5, 5.41) is 0. The molecule has 0 N–H and O–H groups in total. The Labute approximate surface area is 128 Å². The first-order chi connectivity index (χ1) is 10.3. The molecule has 0 unspecified atom stereocenters. The molecule has 21 heavy (non-hydrogen) atoms. The monoisotopic (exact) mass is 294 g/mol. The quantitative estimate of drug-likeness (QED) is 0.614. The van der Waals surface area contributed by atoms with E-state index in [1.165, 1.54) is 58.2 Å². The predicted octanol–water partition coefficient (Wildman–Crippen LogP) is 3.06. The molecule has 4 nitrogen and oxygen atoms in total. The molecular weight excluding hydrogens is 264 g/mol. The van der Waals surface area contributed by atoms with Gasteiger partial charge in [-0.2, -0.15) is 0 Å². The van der Waals surface area contributed by atoms with Crippen LogP contribution in [0.3, 0.4) is 0 Å². The first-order valence-electron chi connectivity index (χ1n) is 8.72. The summed E-state index contributed by atoms with van der Waals surface area (Å²) in [4.78, 5) is 18.5. The fourth-order valence-electron chi connectivity index (χ4n) is 3.25. The molecule has 0 aromatic rings. The lowest BCUT2D eigenvalue weighted by atomic mass is 9.91. The maximum absolute atomic E-state index is 11.8. The van der Waals surface area contributed by atoms with Crippen LogP contribution in [-0.2, 0) is 9.53 Å². The van der Waals surface area contributed by atoms with Crippen molar-refractivity contribution in [1.82, 2.24) is 4.90 Å². The van der Waals surface area contributed by atoms with Crippen LogP contribution in [0.5, 0.6) is 0 Å². The number of nitrogens with zero attached hydrogens (tertiary/aromatic N) is 2. The maximum Gasteiger partial charge on any atom is 0.253 e. The summed E-state index contributed by atoms with van der Waals surface area (Å²) >= 11 is 0. The van der Waals surface area contributed by atoms with Crippen molar-refractivity contribution in [2.24, 2.45) is 10.9 Å². The van der Waals surface area contributed by atoms with Crippen molar-refractivity contribution < 1.29 is 9.53 Å². The highest BCUT2D eigenvalue weighted by molar-refractivity contribution is 6.36. The van der Waals surface area contributed by atoms with E-state index in [9.17, 15) is 4.79 Å². The number of hydrogen-bond acceptors (Lipinski definition) is 4. The zero-order valence-electron chi connectivity index (χ0n) is 13.5. The highest BCUT2D eigenvalue weighted by Gasteiger charge is 2.20. The number of carbonyl (C=O) groups excluding carboxylic acids is 1. The lowest BCUT2D eigenvalue weighted by molar-refractivity contribution is -0.114. The van der Waals surface area contributed by atoms with Crippen LogP contribution >= 0.6 is 0 Å². The number of aliphatic imine (C=N–C) groups is 1. The molecule has 0 aromatic carbocycles. The number of unbranched alkanes of at least 4 members (excludes halogenated alkanes) is 2. The number of likely N-dealkylation sites (tertiary alicyclic amines) is 1. The van der Waals surface area contributed by atoms with Crippen LogP contribution in [0.4, 0.5) is 0 Å². The third-order valence-electron chi connectivity index (χ3n) is 4.63. The fraction of sp³-hybridized carbons (Fsp3) is 0.882. The fourth-order valence-corrected chi connectivity index (χ4v) is 3.25. The van der Waals surface area contributed by atoms with E-state index in [4.69, 9.17) is 4.74 Å². The van der Waals surface area contributed by atoms with E-state index in [2.05, 4.69) is 16.8 Å². The van der Waals surface area contributed by atoms with Crippen molar-refractivity contribution in [2.45, 2.75) is 58.3 Å². The number of ketones is 1. The molecule has 2 aliphatic rings. The Morgan fingerprint density at radius 3 is 2.76 bits per heavy atom. The Kier molecular flexibility index (Phi) is 7.20. The predicted molar refractivity (Wildman–Crippen MR) is 85.8 cm³/mol. The Morgan fingerprint density at radius 2 is 2.10 bits per heavy atom. The van der Waals surface area contributed by atoms with E-state index in [0.29, 0.717) is 25.5 Å². The second kappa shape index (κ2) is 9.19. The van der Waals surface area contributed by atoms with Gasteiger partial charge in [-0.25, -0.2) is 4.99 Å². The summed E-state index contributed by atoms with van der Waals surface area (Å²) in [6, 6.07) is 0. The normalized spacial score (nSPS) is 20.3. The van der Waals surface area contributed by atoms with Crippen molar-refractivity contribution >= 4 is 11.7 Å². The molecule has 0 aromatic heterocycles. The molecule has 1 saturated heterocycles. The van der Waals surface area contributed by atoms with Crippen molar-refractivity contribution in [3.05, 3.63) is 0 Å². The summed E-state index contributed by atoms with van der Waals surface area (Å²) < 4.78 is 5.21. The van der Waals surface area contributed by atoms with Crippen LogP contribution in [0.15, 0.2) is 4.99 Å². The SMILES string of the molecule is CCCCCN1CCC(CCCC(=O)C2=NCCO2)CC1. The zero-order valence-corrected chi connectivity index (χ0v) is 13.5. The largest absolute Gasteiger partial charge is 0.473 e. The number of carbonyl (C=O) groups is 1. The van der Waals surface area contributed by atoms with Gasteiger partial charge in [0.2, 0.25) is 5.78 Å². The minimum atomic E-state index is 0.101. The average Bonchev–Trinajstić information content (AvgIpc) is 3.03. The van der Waals surface area contributed by atoms with Gasteiger partial charge >= 0.3 is 0 Å². The van der Waals surface area contributed by atoms with E-state index in [1.807, 2.05) is 0 Å². The van der Waals surface area contributed by atoms with E-state index < -0.39 is 0 Å². The summed E-state index contributed by atoms with van der Waals surface area (Å²) in [5.41, 5.74) is 0. The Bertz CT molecular complexity index is 347. The van der Waals surface area contributed by atoms with Crippen LogP contribution in [-0.4, -0.2) is 49.4 Å². The van der Waals surface area contributed by atoms with Gasteiger partial charge in [0.1, 0.15) is 6.61 Å². The molecule has 0 aliphatic carbocycles. The maximum atomic E-state index is 11.8. The number of hydrogen-bond donors (Lipinski definition) is 0. The Hall–Kier alpha value is -0.900. The molecule has 0 bridgehead atoms. The van der Waals surface area contributed by atoms with Gasteiger partial charge in [0.25, 0.3) is 5.90 Å². The third-order valence-corrected chi connectivity index (χ3v) is 4.63. The van der Waals surface area contributed by atoms with Crippen LogP contribution in [0.2, 0.25) is 0 Å². The Balaban J connectivity index is 1.53. The molecule has 1 fully saturated rings. The van der Waals surface area contributed by atoms with Gasteiger partial charge in [-0.3, -0.25) is 4.79 Å². The molecule has 0 saturated carbocycles. The Morgan fingerprint density at radius 1 is 1.29 bits per heavy atom. The first-order valence-corrected chi connectivity index (χ1v) is 8.72. The molecule has 0 radical (unpaired) electrons. The van der Waals surface area contributed by atoms with E-state index in [1.54, 1.807) is 0 Å².